The lowest BCUT2D eigenvalue weighted by atomic mass is 9.78. The van der Waals surface area contributed by atoms with Crippen molar-refractivity contribution >= 4 is 5.97 Å². The first-order valence-electron chi connectivity index (χ1n) is 9.09. The van der Waals surface area contributed by atoms with Crippen LogP contribution in [0.1, 0.15) is 13.3 Å². The molecule has 3 aliphatic rings. The topological polar surface area (TPSA) is 155 Å². The Morgan fingerprint density at radius 1 is 1.21 bits per heavy atom. The second kappa shape index (κ2) is 8.07. The molecule has 0 saturated carbocycles. The van der Waals surface area contributed by atoms with Crippen LogP contribution in [0.15, 0.2) is 24.0 Å². The Balaban J connectivity index is 1.85. The Kier molecular flexibility index (Phi) is 6.11. The van der Waals surface area contributed by atoms with E-state index >= 15 is 0 Å². The first kappa shape index (κ1) is 21.2. The molecule has 158 valence electrons. The molecule has 1 aliphatic carbocycles. The van der Waals surface area contributed by atoms with Gasteiger partial charge < -0.3 is 44.5 Å². The average Bonchev–Trinajstić information content (AvgIpc) is 3.06. The van der Waals surface area contributed by atoms with E-state index in [4.69, 9.17) is 18.9 Å². The molecule has 5 N–H and O–H groups in total. The number of carbonyl (C=O) groups is 1. The maximum absolute atomic E-state index is 12.0. The molecule has 0 aromatic carbocycles. The monoisotopic (exact) mass is 402 g/mol. The van der Waals surface area contributed by atoms with Crippen molar-refractivity contribution in [3.05, 3.63) is 24.0 Å². The molecule has 0 aromatic rings. The van der Waals surface area contributed by atoms with Gasteiger partial charge in [-0.25, -0.2) is 4.79 Å². The summed E-state index contributed by atoms with van der Waals surface area (Å²) < 4.78 is 21.3. The van der Waals surface area contributed by atoms with Gasteiger partial charge in [0.05, 0.1) is 37.1 Å². The molecule has 1 saturated heterocycles. The normalized spacial score (nSPS) is 45.2. The van der Waals surface area contributed by atoms with E-state index in [-0.39, 0.29) is 5.57 Å². The van der Waals surface area contributed by atoms with Crippen molar-refractivity contribution in [1.82, 2.24) is 0 Å². The Morgan fingerprint density at radius 2 is 1.93 bits per heavy atom. The van der Waals surface area contributed by atoms with Crippen LogP contribution in [-0.2, 0) is 23.7 Å². The number of methoxy groups -OCH3 is 1. The minimum Gasteiger partial charge on any atom is -0.471 e. The third-order valence-electron chi connectivity index (χ3n) is 5.64. The van der Waals surface area contributed by atoms with Crippen molar-refractivity contribution in [2.45, 2.75) is 55.9 Å². The van der Waals surface area contributed by atoms with Crippen LogP contribution in [0.3, 0.4) is 0 Å². The van der Waals surface area contributed by atoms with E-state index in [9.17, 15) is 30.3 Å². The summed E-state index contributed by atoms with van der Waals surface area (Å²) in [5.74, 6) is -1.91. The summed E-state index contributed by atoms with van der Waals surface area (Å²) in [6.45, 7) is 1.16. The maximum atomic E-state index is 12.0. The molecule has 0 radical (unpaired) electrons. The third kappa shape index (κ3) is 3.45. The van der Waals surface area contributed by atoms with Crippen LogP contribution in [0.2, 0.25) is 0 Å². The lowest BCUT2D eigenvalue weighted by Crippen LogP contribution is -2.61. The second-order valence-electron chi connectivity index (χ2n) is 7.16. The molecule has 9 atom stereocenters. The summed E-state index contributed by atoms with van der Waals surface area (Å²) in [5.41, 5.74) is -1.14. The number of allylic oxidation sites excluding steroid dienone is 1. The highest BCUT2D eigenvalue weighted by Gasteiger charge is 2.54. The third-order valence-corrected chi connectivity index (χ3v) is 5.64. The van der Waals surface area contributed by atoms with E-state index in [1.54, 1.807) is 19.1 Å². The molecule has 0 amide bonds. The summed E-state index contributed by atoms with van der Waals surface area (Å²) in [5, 5.41) is 50.3. The largest absolute Gasteiger partial charge is 0.471 e. The van der Waals surface area contributed by atoms with E-state index in [1.165, 1.54) is 13.4 Å². The van der Waals surface area contributed by atoms with Crippen molar-refractivity contribution in [3.8, 4) is 0 Å². The molecule has 9 unspecified atom stereocenters. The highest BCUT2D eigenvalue weighted by molar-refractivity contribution is 5.89. The van der Waals surface area contributed by atoms with E-state index < -0.39 is 67.0 Å². The van der Waals surface area contributed by atoms with Crippen molar-refractivity contribution in [3.63, 3.8) is 0 Å². The Bertz CT molecular complexity index is 646. The molecular weight excluding hydrogens is 376 g/mol. The minimum atomic E-state index is -1.62. The van der Waals surface area contributed by atoms with E-state index in [0.29, 0.717) is 6.42 Å². The van der Waals surface area contributed by atoms with Gasteiger partial charge >= 0.3 is 5.97 Å². The summed E-state index contributed by atoms with van der Waals surface area (Å²) in [6.07, 6.45) is -3.75. The van der Waals surface area contributed by atoms with Gasteiger partial charge in [-0.3, -0.25) is 0 Å². The summed E-state index contributed by atoms with van der Waals surface area (Å²) in [6, 6.07) is 0. The van der Waals surface area contributed by atoms with E-state index in [1.807, 2.05) is 0 Å². The number of hydrogen-bond acceptors (Lipinski definition) is 10. The number of aliphatic hydroxyl groups excluding tert-OH is 4. The molecule has 0 spiro atoms. The van der Waals surface area contributed by atoms with Crippen molar-refractivity contribution in [1.29, 1.82) is 0 Å². The maximum Gasteiger partial charge on any atom is 0.337 e. The van der Waals surface area contributed by atoms with Gasteiger partial charge in [-0.1, -0.05) is 19.1 Å². The number of rotatable bonds is 5. The van der Waals surface area contributed by atoms with Gasteiger partial charge in [-0.15, -0.1) is 0 Å². The van der Waals surface area contributed by atoms with Crippen LogP contribution in [-0.4, -0.2) is 87.8 Å². The van der Waals surface area contributed by atoms with Gasteiger partial charge in [0, 0.05) is 5.92 Å². The fourth-order valence-corrected chi connectivity index (χ4v) is 3.90. The number of fused-ring (bicyclic) bond motifs is 1. The Labute approximate surface area is 161 Å². The van der Waals surface area contributed by atoms with Crippen LogP contribution in [0.25, 0.3) is 0 Å². The van der Waals surface area contributed by atoms with Crippen LogP contribution >= 0.6 is 0 Å². The molecule has 0 bridgehead atoms. The predicted octanol–water partition coefficient (Wildman–Crippen LogP) is -1.84. The van der Waals surface area contributed by atoms with Crippen LogP contribution in [0, 0.1) is 11.8 Å². The summed E-state index contributed by atoms with van der Waals surface area (Å²) >= 11 is 0. The van der Waals surface area contributed by atoms with Crippen molar-refractivity contribution in [2.75, 3.05) is 13.7 Å². The van der Waals surface area contributed by atoms with Crippen molar-refractivity contribution < 1.29 is 49.3 Å². The molecule has 10 nitrogen and oxygen atoms in total. The van der Waals surface area contributed by atoms with Gasteiger partial charge in [0.15, 0.2) is 6.29 Å². The standard InChI is InChI=1S/C18H26O10/c1-3-18(24)5-4-8-9(15(23)25-2)7-26-16(11(8)18)28-17-14(22)13(21)12(20)10(6-19)27-17/h4-5,7-8,10-14,16-17,19-22,24H,3,6H2,1-2H3. The van der Waals surface area contributed by atoms with Crippen LogP contribution < -0.4 is 0 Å². The molecule has 2 heterocycles. The summed E-state index contributed by atoms with van der Waals surface area (Å²) in [4.78, 5) is 12.0. The molecule has 28 heavy (non-hydrogen) atoms. The first-order chi connectivity index (χ1) is 13.3. The van der Waals surface area contributed by atoms with Gasteiger partial charge in [-0.2, -0.15) is 0 Å². The highest BCUT2D eigenvalue weighted by atomic mass is 16.8. The Morgan fingerprint density at radius 3 is 2.54 bits per heavy atom. The van der Waals surface area contributed by atoms with E-state index in [2.05, 4.69) is 0 Å². The SMILES string of the molecule is CCC1(O)C=CC2C(C(=O)OC)=COC(OC3OC(CO)C(O)C(O)C3O)C21. The molecular formula is C18H26O10. The minimum absolute atomic E-state index is 0.210. The van der Waals surface area contributed by atoms with Crippen LogP contribution in [0.5, 0.6) is 0 Å². The smallest absolute Gasteiger partial charge is 0.337 e. The zero-order chi connectivity index (χ0) is 20.6. The molecule has 0 aromatic heterocycles. The fraction of sp³-hybridized carbons (Fsp3) is 0.722. The lowest BCUT2D eigenvalue weighted by Gasteiger charge is -2.44. The number of aliphatic hydroxyl groups is 5. The lowest BCUT2D eigenvalue weighted by molar-refractivity contribution is -0.346. The Hall–Kier alpha value is -1.53. The zero-order valence-corrected chi connectivity index (χ0v) is 15.5. The molecule has 1 fully saturated rings. The van der Waals surface area contributed by atoms with E-state index in [0.717, 1.165) is 0 Å². The average molecular weight is 402 g/mol. The first-order valence-corrected chi connectivity index (χ1v) is 9.09. The van der Waals surface area contributed by atoms with Gasteiger partial charge in [-0.05, 0) is 6.42 Å². The zero-order valence-electron chi connectivity index (χ0n) is 15.5. The fourth-order valence-electron chi connectivity index (χ4n) is 3.90. The van der Waals surface area contributed by atoms with Gasteiger partial charge in [0.2, 0.25) is 6.29 Å². The van der Waals surface area contributed by atoms with Gasteiger partial charge in [0.25, 0.3) is 0 Å². The van der Waals surface area contributed by atoms with Gasteiger partial charge in [0.1, 0.15) is 24.4 Å². The quantitative estimate of drug-likeness (QED) is 0.262. The highest BCUT2D eigenvalue weighted by Crippen LogP contribution is 2.47. The second-order valence-corrected chi connectivity index (χ2v) is 7.16. The van der Waals surface area contributed by atoms with Crippen LogP contribution in [0.4, 0.5) is 0 Å². The number of hydrogen-bond donors (Lipinski definition) is 5. The van der Waals surface area contributed by atoms with Crippen molar-refractivity contribution in [2.24, 2.45) is 11.8 Å². The number of ether oxygens (including phenoxy) is 4. The number of carbonyl (C=O) groups excluding carboxylic acids is 1. The molecule has 2 aliphatic heterocycles. The molecule has 10 heteroatoms. The summed E-state index contributed by atoms with van der Waals surface area (Å²) in [7, 11) is 1.24. The number of esters is 1. The molecule has 3 rings (SSSR count). The predicted molar refractivity (Wildman–Crippen MR) is 91.2 cm³/mol.